The fourth-order valence-corrected chi connectivity index (χ4v) is 16.3. The molecule has 0 amide bonds. The van der Waals surface area contributed by atoms with Gasteiger partial charge in [-0.2, -0.15) is 36.8 Å². The molecule has 11 aromatic rings. The number of carbonyl (C=O) groups is 1. The van der Waals surface area contributed by atoms with Crippen molar-refractivity contribution in [1.29, 1.82) is 0 Å². The van der Waals surface area contributed by atoms with Gasteiger partial charge in [-0.05, 0) is 124 Å². The fourth-order valence-electron chi connectivity index (χ4n) is 10.8. The number of nitrogens with one attached hydrogen (secondary N) is 4. The number of carboxylic acid groups (broad SMARTS) is 1. The molecule has 60 heteroatoms. The summed E-state index contributed by atoms with van der Waals surface area (Å²) in [6.07, 6.45) is 7.05. The number of hydrogen-bond acceptors (Lipinski definition) is 38. The van der Waals surface area contributed by atoms with Crippen LogP contribution in [0.1, 0.15) is 10.4 Å². The zero-order valence-corrected chi connectivity index (χ0v) is 84.2. The van der Waals surface area contributed by atoms with Gasteiger partial charge < -0.3 is 52.9 Å². The molecule has 0 saturated carbocycles. The van der Waals surface area contributed by atoms with E-state index >= 15 is 0 Å². The minimum atomic E-state index is -5.85. The number of aromatic carboxylic acids is 1. The van der Waals surface area contributed by atoms with Crippen molar-refractivity contribution in [1.82, 2.24) is 29.9 Å². The minimum absolute atomic E-state index is 0. The third-order valence-corrected chi connectivity index (χ3v) is 22.4. The van der Waals surface area contributed by atoms with Crippen LogP contribution in [-0.4, -0.2) is 151 Å². The van der Waals surface area contributed by atoms with Crippen molar-refractivity contribution in [2.24, 2.45) is 30.2 Å². The van der Waals surface area contributed by atoms with Crippen molar-refractivity contribution in [3.05, 3.63) is 168 Å². The Labute approximate surface area is 846 Å². The predicted octanol–water partition coefficient (Wildman–Crippen LogP) is -22.8. The van der Waals surface area contributed by atoms with Crippen molar-refractivity contribution in [2.45, 2.75) is 39.2 Å². The van der Waals surface area contributed by atoms with E-state index in [9.17, 15) is 124 Å². The topological polar surface area (TPSA) is 723 Å². The van der Waals surface area contributed by atoms with E-state index in [1.807, 2.05) is 0 Å². The summed E-state index contributed by atoms with van der Waals surface area (Å²) in [7, 11) is -44.6. The molecule has 1 aliphatic carbocycles. The van der Waals surface area contributed by atoms with Crippen LogP contribution in [0.25, 0.3) is 49.0 Å². The van der Waals surface area contributed by atoms with Crippen LogP contribution in [-0.2, 0) is 80.9 Å². The van der Waals surface area contributed by atoms with Gasteiger partial charge in [-0.15, -0.1) is 15.2 Å². The minimum Gasteiger partial charge on any atom is -0.871 e. The van der Waals surface area contributed by atoms with Crippen molar-refractivity contribution in [2.75, 3.05) is 10.9 Å². The van der Waals surface area contributed by atoms with Crippen LogP contribution in [0.4, 0.5) is 46.0 Å². The molecular formula is C58H30ClN15Na8O28S8. The van der Waals surface area contributed by atoms with Crippen LogP contribution in [0.5, 0.6) is 11.5 Å². The van der Waals surface area contributed by atoms with Gasteiger partial charge in [-0.3, -0.25) is 19.5 Å². The normalized spacial score (nSPS) is 12.9. The molecule has 0 unspecified atom stereocenters. The maximum atomic E-state index is 14.7. The number of fused-ring (bicyclic) bond motifs is 4. The van der Waals surface area contributed by atoms with Gasteiger partial charge in [0.15, 0.2) is 0 Å². The maximum Gasteiger partial charge on any atom is 1.00 e. The molecule has 43 nitrogen and oxygen atoms in total. The number of nitrogens with zero attached hydrogens (tertiary/aromatic N) is 11. The Balaban J connectivity index is 0.00000366. The maximum absolute atomic E-state index is 14.7. The Kier molecular flexibility index (Phi) is 36.7. The summed E-state index contributed by atoms with van der Waals surface area (Å²) < 4.78 is 298. The molecule has 8 aromatic carbocycles. The van der Waals surface area contributed by atoms with Crippen LogP contribution in [0.15, 0.2) is 215 Å². The standard InChI is InChI=1S/C58H38ClN15O28S8.8Na/c59-53-64-54(66-56(65-53)62-38-22-30(103(79,80)81)18-26-20-42(107(91,92)93)46(48(75)44(26)38)72-70-36-15-13-32-34(50(36)109(97,98)99)5-1-7-40(32)105(85,86)87)60-28-9-11-29(12-10-28)61-55-67-57(69-58(68-55)74-17-3-4-25(24-74)52(77)78)63-39-23-31(104(82,83)84)19-27-21-43(108(94,95)96)47(49(76)45(27)39)73-71-37-16-14-33-35(51(37)110(100,101)102)6-2-8-41(33)106(88,89)90;;;;;;;;/h1-24H,(H14-,60,61,62,63,64,65,66,67,68,69,70,71,72,73,75,76,77,78,79,80,81,82,83,84,85,86,87,88,89,90,91,92,93,94,95,96,97,98,99,100,101,102);;;;;;;;/q;8*+1/p-8. The van der Waals surface area contributed by atoms with Gasteiger partial charge in [0.2, 0.25) is 10.9 Å². The number of benzene rings is 8. The number of anilines is 2. The number of azo groups is 1. The Bertz CT molecular complexity index is 7330. The molecule has 12 rings (SSSR count). The SMILES string of the molecule is O=C([O-])c1ccc[n+](-c2nc(N=C3C=CC(=Nc4nc(Cl)[nH]c(=Nc5cc(S(=O)(=O)[O-])cc6cc(S(=O)(=O)[O-])c(NNc7ccc8c(S(=O)(=O)[O-])cccc8c7S(=O)(=O)O)c([O-])c56)n4)C=C3)nc(=Nc3cc(S(=O)(=O)[O-])cc4cc(S(=O)(=O)O)c(N=Nc5ccc6c(S(=O)(=O)[O-])cccc6c5S(=O)(=O)[O-])c([O-])c34)[nH]2)c1.[Na+].[Na+].[Na+].[Na+].[Na+].[Na+].[Na+].[Na+]. The van der Waals surface area contributed by atoms with Gasteiger partial charge in [-0.1, -0.05) is 47.9 Å². The molecular weight excluding hydrogens is 1830 g/mol. The van der Waals surface area contributed by atoms with Crippen LogP contribution in [0.2, 0.25) is 5.28 Å². The number of aromatic nitrogens is 7. The number of carbonyl (C=O) groups excluding carboxylic acids is 1. The monoisotopic (exact) mass is 1860 g/mol. The third kappa shape index (κ3) is 24.1. The molecule has 568 valence electrons. The number of hydrazine groups is 1. The van der Waals surface area contributed by atoms with E-state index in [0.717, 1.165) is 71.4 Å². The number of hydrogen-bond donors (Lipinski definition) is 6. The summed E-state index contributed by atoms with van der Waals surface area (Å²) in [5.41, 5.74) is -4.07. The Morgan fingerprint density at radius 2 is 0.915 bits per heavy atom. The van der Waals surface area contributed by atoms with Crippen molar-refractivity contribution in [3.63, 3.8) is 0 Å². The van der Waals surface area contributed by atoms with E-state index in [4.69, 9.17) is 11.6 Å². The Hall–Kier alpha value is -3.77. The average Bonchev–Trinajstić information content (AvgIpc) is 0.756. The molecule has 118 heavy (non-hydrogen) atoms. The molecule has 0 radical (unpaired) electrons. The summed E-state index contributed by atoms with van der Waals surface area (Å²) in [6, 6.07) is 13.4. The molecule has 0 bridgehead atoms. The first-order valence-electron chi connectivity index (χ1n) is 29.0. The first-order valence-corrected chi connectivity index (χ1v) is 40.7. The molecule has 6 N–H and O–H groups in total. The number of halogens is 1. The van der Waals surface area contributed by atoms with Gasteiger partial charge in [0, 0.05) is 37.9 Å². The van der Waals surface area contributed by atoms with Crippen LogP contribution in [0, 0.1) is 0 Å². The van der Waals surface area contributed by atoms with E-state index in [1.54, 1.807) is 0 Å². The van der Waals surface area contributed by atoms with Crippen LogP contribution < -0.4 is 278 Å². The number of allylic oxidation sites excluding steroid dienone is 4. The summed E-state index contributed by atoms with van der Waals surface area (Å²) in [4.78, 5) is 40.6. The second-order valence-corrected chi connectivity index (χ2v) is 33.4. The molecule has 3 aromatic heterocycles. The first-order chi connectivity index (χ1) is 51.1. The van der Waals surface area contributed by atoms with Gasteiger partial charge in [0.25, 0.3) is 31.8 Å². The first kappa shape index (κ1) is 107. The summed E-state index contributed by atoms with van der Waals surface area (Å²) in [5, 5.41) is 42.2. The van der Waals surface area contributed by atoms with E-state index in [1.165, 1.54) is 36.6 Å². The largest absolute Gasteiger partial charge is 1.00 e. The van der Waals surface area contributed by atoms with Crippen molar-refractivity contribution in [3.8, 4) is 17.4 Å². The predicted molar refractivity (Wildman–Crippen MR) is 360 cm³/mol. The van der Waals surface area contributed by atoms with Gasteiger partial charge in [-0.25, -0.2) is 70.0 Å². The molecule has 1 aliphatic rings. The van der Waals surface area contributed by atoms with Crippen LogP contribution in [0.3, 0.4) is 0 Å². The Morgan fingerprint density at radius 3 is 1.38 bits per heavy atom. The van der Waals surface area contributed by atoms with E-state index < -0.39 is 255 Å². The summed E-state index contributed by atoms with van der Waals surface area (Å²) in [5.74, 6) is -6.60. The molecule has 0 saturated heterocycles. The smallest absolute Gasteiger partial charge is 0.871 e. The quantitative estimate of drug-likeness (QED) is 0.0109. The van der Waals surface area contributed by atoms with E-state index in [0.29, 0.717) is 42.5 Å². The van der Waals surface area contributed by atoms with E-state index in [2.05, 4.69) is 71.0 Å². The van der Waals surface area contributed by atoms with Crippen molar-refractivity contribution < 1.29 is 365 Å². The zero-order chi connectivity index (χ0) is 80.1. The molecule has 0 fully saturated rings. The molecule has 0 aliphatic heterocycles. The third-order valence-electron chi connectivity index (χ3n) is 15.2. The van der Waals surface area contributed by atoms with Gasteiger partial charge >= 0.3 is 248 Å². The number of H-pyrrole nitrogens is 2. The zero-order valence-electron chi connectivity index (χ0n) is 60.9. The second-order valence-electron chi connectivity index (χ2n) is 22.2. The Morgan fingerprint density at radius 1 is 0.449 bits per heavy atom. The molecule has 0 atom stereocenters. The molecule has 0 spiro atoms. The van der Waals surface area contributed by atoms with Gasteiger partial charge in [0.1, 0.15) is 76.2 Å². The number of aliphatic imine (C=N–C) groups is 2. The summed E-state index contributed by atoms with van der Waals surface area (Å²) in [6.45, 7) is 0. The number of rotatable bonds is 19. The number of pyridine rings is 1. The second kappa shape index (κ2) is 40.7. The van der Waals surface area contributed by atoms with Gasteiger partial charge in [0.05, 0.1) is 87.6 Å². The summed E-state index contributed by atoms with van der Waals surface area (Å²) >= 11 is 6.30. The molecule has 3 heterocycles. The van der Waals surface area contributed by atoms with E-state index in [-0.39, 0.29) is 248 Å². The number of aromatic amines is 2. The number of carboxylic acids is 1. The van der Waals surface area contributed by atoms with Crippen LogP contribution >= 0.6 is 11.6 Å². The fraction of sp³-hybridized carbons (Fsp3) is 0. The average molecular weight is 1860 g/mol. The van der Waals surface area contributed by atoms with Crippen molar-refractivity contribution >= 4 is 199 Å².